The minimum atomic E-state index is 0.340. The summed E-state index contributed by atoms with van der Waals surface area (Å²) in [7, 11) is 5.17. The van der Waals surface area contributed by atoms with Crippen molar-refractivity contribution in [3.8, 4) is 17.2 Å². The number of hydrogen-bond donors (Lipinski definition) is 0. The molecule has 5 nitrogen and oxygen atoms in total. The maximum atomic E-state index is 5.70. The van der Waals surface area contributed by atoms with Crippen LogP contribution < -0.4 is 19.1 Å². The van der Waals surface area contributed by atoms with Gasteiger partial charge in [0.2, 0.25) is 0 Å². The van der Waals surface area contributed by atoms with Gasteiger partial charge in [-0.2, -0.15) is 0 Å². The van der Waals surface area contributed by atoms with Gasteiger partial charge in [0.05, 0.1) is 38.8 Å². The van der Waals surface area contributed by atoms with Crippen LogP contribution in [0.5, 0.6) is 17.2 Å². The molecule has 0 aromatic heterocycles. The lowest BCUT2D eigenvalue weighted by atomic mass is 9.75. The zero-order valence-corrected chi connectivity index (χ0v) is 18.8. The largest absolute Gasteiger partial charge is 0.495 e. The van der Waals surface area contributed by atoms with Crippen molar-refractivity contribution in [3.63, 3.8) is 0 Å². The number of aliphatic imine (C=N–C) groups is 1. The van der Waals surface area contributed by atoms with Crippen LogP contribution in [0.2, 0.25) is 0 Å². The lowest BCUT2D eigenvalue weighted by molar-refractivity contribution is 0.349. The van der Waals surface area contributed by atoms with Crippen LogP contribution in [0, 0.1) is 0 Å². The summed E-state index contributed by atoms with van der Waals surface area (Å²) in [5.74, 6) is 2.96. The van der Waals surface area contributed by atoms with Gasteiger partial charge in [-0.15, -0.1) is 0 Å². The third-order valence-electron chi connectivity index (χ3n) is 7.13. The second kappa shape index (κ2) is 8.45. The Balaban J connectivity index is 1.65. The van der Waals surface area contributed by atoms with Gasteiger partial charge in [-0.3, -0.25) is 4.99 Å². The van der Waals surface area contributed by atoms with Crippen LogP contribution in [0.25, 0.3) is 0 Å². The Morgan fingerprint density at radius 2 is 1.52 bits per heavy atom. The van der Waals surface area contributed by atoms with Gasteiger partial charge in [0.25, 0.3) is 0 Å². The van der Waals surface area contributed by atoms with Crippen molar-refractivity contribution >= 4 is 11.4 Å². The van der Waals surface area contributed by atoms with Gasteiger partial charge >= 0.3 is 0 Å². The summed E-state index contributed by atoms with van der Waals surface area (Å²) in [6.07, 6.45) is 7.32. The molecule has 5 heteroatoms. The summed E-state index contributed by atoms with van der Waals surface area (Å²) in [6, 6.07) is 11.2. The highest BCUT2D eigenvalue weighted by Gasteiger charge is 2.35. The third kappa shape index (κ3) is 3.54. The lowest BCUT2D eigenvalue weighted by Crippen LogP contribution is -2.29. The van der Waals surface area contributed by atoms with Crippen molar-refractivity contribution in [1.29, 1.82) is 0 Å². The minimum Gasteiger partial charge on any atom is -0.495 e. The summed E-state index contributed by atoms with van der Waals surface area (Å²) < 4.78 is 17.0. The molecule has 2 fully saturated rings. The first-order valence-corrected chi connectivity index (χ1v) is 11.5. The van der Waals surface area contributed by atoms with Gasteiger partial charge in [0, 0.05) is 30.1 Å². The topological polar surface area (TPSA) is 43.3 Å². The van der Waals surface area contributed by atoms with Gasteiger partial charge in [0.15, 0.2) is 11.5 Å². The molecule has 31 heavy (non-hydrogen) atoms. The first-order chi connectivity index (χ1) is 15.2. The second-order valence-electron chi connectivity index (χ2n) is 8.81. The second-order valence-corrected chi connectivity index (χ2v) is 8.81. The maximum Gasteiger partial charge on any atom is 0.161 e. The number of rotatable bonds is 5. The maximum absolute atomic E-state index is 5.70. The van der Waals surface area contributed by atoms with Crippen LogP contribution in [-0.4, -0.2) is 46.2 Å². The Labute approximate surface area is 185 Å². The van der Waals surface area contributed by atoms with E-state index in [0.29, 0.717) is 12.0 Å². The number of hydrogen-bond acceptors (Lipinski definition) is 5. The Hall–Kier alpha value is -2.69. The quantitative estimate of drug-likeness (QED) is 0.668. The molecule has 2 heterocycles. The normalized spacial score (nSPS) is 22.4. The van der Waals surface area contributed by atoms with E-state index in [1.807, 2.05) is 0 Å². The average Bonchev–Trinajstić information content (AvgIpc) is 3.37. The van der Waals surface area contributed by atoms with Crippen LogP contribution in [0.3, 0.4) is 0 Å². The molecule has 3 aliphatic rings. The summed E-state index contributed by atoms with van der Waals surface area (Å²) in [4.78, 5) is 7.77. The molecule has 2 aromatic carbocycles. The molecule has 0 bridgehead atoms. The van der Waals surface area contributed by atoms with Crippen LogP contribution in [0.15, 0.2) is 35.3 Å². The van der Waals surface area contributed by atoms with E-state index in [4.69, 9.17) is 19.2 Å². The molecule has 0 amide bonds. The highest BCUT2D eigenvalue weighted by molar-refractivity contribution is 6.15. The van der Waals surface area contributed by atoms with Crippen molar-refractivity contribution in [1.82, 2.24) is 0 Å². The fourth-order valence-corrected chi connectivity index (χ4v) is 5.54. The summed E-state index contributed by atoms with van der Waals surface area (Å²) in [5, 5.41) is 0. The molecule has 0 spiro atoms. The highest BCUT2D eigenvalue weighted by atomic mass is 16.5. The first kappa shape index (κ1) is 20.2. The molecule has 2 unspecified atom stereocenters. The number of methoxy groups -OCH3 is 3. The molecule has 1 saturated heterocycles. The number of nitrogens with zero attached hydrogens (tertiary/aromatic N) is 2. The van der Waals surface area contributed by atoms with Crippen LogP contribution >= 0.6 is 0 Å². The summed E-state index contributed by atoms with van der Waals surface area (Å²) >= 11 is 0. The smallest absolute Gasteiger partial charge is 0.161 e. The fourth-order valence-electron chi connectivity index (χ4n) is 5.54. The molecule has 5 rings (SSSR count). The molecule has 2 aliphatic heterocycles. The van der Waals surface area contributed by atoms with Crippen molar-refractivity contribution in [3.05, 3.63) is 47.0 Å². The number of ether oxygens (including phenoxy) is 3. The zero-order chi connectivity index (χ0) is 21.4. The van der Waals surface area contributed by atoms with Crippen molar-refractivity contribution in [2.75, 3.05) is 39.3 Å². The zero-order valence-electron chi connectivity index (χ0n) is 18.8. The molecule has 1 aliphatic carbocycles. The average molecular weight is 421 g/mol. The Kier molecular flexibility index (Phi) is 5.51. The molecule has 164 valence electrons. The van der Waals surface area contributed by atoms with E-state index in [1.165, 1.54) is 48.9 Å². The fraction of sp³-hybridized carbons (Fsp3) is 0.500. The van der Waals surface area contributed by atoms with E-state index in [9.17, 15) is 0 Å². The number of benzene rings is 2. The van der Waals surface area contributed by atoms with E-state index in [1.54, 1.807) is 21.3 Å². The standard InChI is InChI=1S/C26H32N2O3/c1-29-23-11-10-17(14-22(23)28-12-6-7-13-28)26-20-16-25(31-3)24(30-2)15-19(20)18-8-4-5-9-21(18)27-26/h10-11,14-16,18,21H,4-9,12-13H2,1-3H3. The summed E-state index contributed by atoms with van der Waals surface area (Å²) in [6.45, 7) is 2.16. The molecular formula is C26H32N2O3. The Morgan fingerprint density at radius 1 is 0.806 bits per heavy atom. The van der Waals surface area contributed by atoms with Crippen molar-refractivity contribution in [2.24, 2.45) is 4.99 Å². The summed E-state index contributed by atoms with van der Waals surface area (Å²) in [5.41, 5.74) is 5.93. The number of anilines is 1. The van der Waals surface area contributed by atoms with E-state index in [2.05, 4.69) is 35.2 Å². The van der Waals surface area contributed by atoms with Crippen LogP contribution in [0.1, 0.15) is 61.1 Å². The molecule has 2 aromatic rings. The monoisotopic (exact) mass is 420 g/mol. The van der Waals surface area contributed by atoms with Crippen LogP contribution in [0.4, 0.5) is 5.69 Å². The highest BCUT2D eigenvalue weighted by Crippen LogP contribution is 2.45. The van der Waals surface area contributed by atoms with Gasteiger partial charge in [-0.05, 0) is 61.6 Å². The Morgan fingerprint density at radius 3 is 2.26 bits per heavy atom. The van der Waals surface area contributed by atoms with Crippen LogP contribution in [-0.2, 0) is 0 Å². The molecule has 2 atom stereocenters. The molecule has 0 radical (unpaired) electrons. The van der Waals surface area contributed by atoms with E-state index < -0.39 is 0 Å². The Bertz CT molecular complexity index is 994. The van der Waals surface area contributed by atoms with Gasteiger partial charge in [-0.25, -0.2) is 0 Å². The molecule has 1 saturated carbocycles. The van der Waals surface area contributed by atoms with Crippen molar-refractivity contribution in [2.45, 2.75) is 50.5 Å². The lowest BCUT2D eigenvalue weighted by Gasteiger charge is -2.36. The van der Waals surface area contributed by atoms with E-state index in [0.717, 1.165) is 48.0 Å². The van der Waals surface area contributed by atoms with Gasteiger partial charge < -0.3 is 19.1 Å². The minimum absolute atomic E-state index is 0.340. The number of fused-ring (bicyclic) bond motifs is 3. The van der Waals surface area contributed by atoms with Gasteiger partial charge in [-0.1, -0.05) is 12.8 Å². The van der Waals surface area contributed by atoms with Gasteiger partial charge in [0.1, 0.15) is 5.75 Å². The third-order valence-corrected chi connectivity index (χ3v) is 7.13. The predicted molar refractivity (Wildman–Crippen MR) is 125 cm³/mol. The molecular weight excluding hydrogens is 388 g/mol. The van der Waals surface area contributed by atoms with Crippen molar-refractivity contribution < 1.29 is 14.2 Å². The predicted octanol–water partition coefficient (Wildman–Crippen LogP) is 5.19. The van der Waals surface area contributed by atoms with E-state index >= 15 is 0 Å². The first-order valence-electron chi connectivity index (χ1n) is 11.5. The van der Waals surface area contributed by atoms with E-state index in [-0.39, 0.29) is 0 Å². The molecule has 0 N–H and O–H groups in total. The SMILES string of the molecule is COc1cc2c(cc1OC)C1CCCCC1N=C2c1ccc(OC)c(N2CCCC2)c1.